The van der Waals surface area contributed by atoms with E-state index in [1.54, 1.807) is 43.5 Å². The lowest BCUT2D eigenvalue weighted by Gasteiger charge is -2.06. The third-order valence-electron chi connectivity index (χ3n) is 3.07. The Hall–Kier alpha value is -2.73. The minimum absolute atomic E-state index is 0.0401. The smallest absolute Gasteiger partial charge is 0.272 e. The van der Waals surface area contributed by atoms with Gasteiger partial charge in [-0.15, -0.1) is 0 Å². The van der Waals surface area contributed by atoms with Gasteiger partial charge in [-0.05, 0) is 43.7 Å². The third-order valence-corrected chi connectivity index (χ3v) is 3.40. The third kappa shape index (κ3) is 5.17. The van der Waals surface area contributed by atoms with E-state index in [-0.39, 0.29) is 12.3 Å². The van der Waals surface area contributed by atoms with E-state index in [1.807, 2.05) is 13.0 Å². The molecule has 0 spiro atoms. The molecule has 1 heterocycles. The fourth-order valence-electron chi connectivity index (χ4n) is 1.92. The number of hydrogen-bond acceptors (Lipinski definition) is 4. The highest BCUT2D eigenvalue weighted by molar-refractivity contribution is 6.33. The number of halogens is 1. The van der Waals surface area contributed by atoms with Crippen molar-refractivity contribution in [1.82, 2.24) is 10.4 Å². The lowest BCUT2D eigenvalue weighted by molar-refractivity contribution is -0.115. The minimum Gasteiger partial charge on any atom is -0.310 e. The van der Waals surface area contributed by atoms with Crippen LogP contribution in [0.5, 0.6) is 0 Å². The molecule has 0 aliphatic rings. The molecule has 2 N–H and O–H groups in total. The maximum atomic E-state index is 12.0. The summed E-state index contributed by atoms with van der Waals surface area (Å²) < 4.78 is 0. The molecular formula is C17H17ClN4O2. The maximum Gasteiger partial charge on any atom is 0.272 e. The van der Waals surface area contributed by atoms with Crippen LogP contribution in [0.3, 0.4) is 0 Å². The zero-order valence-electron chi connectivity index (χ0n) is 13.3. The Bertz CT molecular complexity index is 790. The fraction of sp³-hybridized carbons (Fsp3) is 0.176. The van der Waals surface area contributed by atoms with Crippen LogP contribution in [0.25, 0.3) is 0 Å². The van der Waals surface area contributed by atoms with E-state index in [1.165, 1.54) is 0 Å². The average Bonchev–Trinajstić information content (AvgIpc) is 2.53. The van der Waals surface area contributed by atoms with E-state index in [4.69, 9.17) is 11.6 Å². The average molecular weight is 345 g/mol. The van der Waals surface area contributed by atoms with Crippen LogP contribution in [-0.4, -0.2) is 22.5 Å². The van der Waals surface area contributed by atoms with Gasteiger partial charge in [0.1, 0.15) is 5.82 Å². The van der Waals surface area contributed by atoms with Gasteiger partial charge in [0.15, 0.2) is 0 Å². The van der Waals surface area contributed by atoms with Crippen molar-refractivity contribution in [2.45, 2.75) is 20.3 Å². The van der Waals surface area contributed by atoms with Crippen LogP contribution in [-0.2, 0) is 4.79 Å². The number of aromatic nitrogens is 1. The van der Waals surface area contributed by atoms with Crippen molar-refractivity contribution in [3.05, 3.63) is 58.7 Å². The maximum absolute atomic E-state index is 12.0. The van der Waals surface area contributed by atoms with Gasteiger partial charge < -0.3 is 5.32 Å². The summed E-state index contributed by atoms with van der Waals surface area (Å²) in [5.74, 6) is -0.213. The normalized spacial score (nSPS) is 11.0. The van der Waals surface area contributed by atoms with Crippen LogP contribution < -0.4 is 10.7 Å². The second-order valence-electron chi connectivity index (χ2n) is 5.21. The molecule has 7 heteroatoms. The summed E-state index contributed by atoms with van der Waals surface area (Å²) in [4.78, 5) is 28.0. The number of hydrogen-bond donors (Lipinski definition) is 2. The molecule has 2 rings (SSSR count). The zero-order chi connectivity index (χ0) is 17.5. The quantitative estimate of drug-likeness (QED) is 0.645. The molecule has 0 bridgehead atoms. The summed E-state index contributed by atoms with van der Waals surface area (Å²) in [6.07, 6.45) is 1.66. The molecule has 0 atom stereocenters. The lowest BCUT2D eigenvalue weighted by Crippen LogP contribution is -2.22. The molecule has 0 aliphatic heterocycles. The van der Waals surface area contributed by atoms with Gasteiger partial charge in [0.2, 0.25) is 5.91 Å². The highest BCUT2D eigenvalue weighted by Crippen LogP contribution is 2.14. The molecule has 2 aromatic rings. The first-order chi connectivity index (χ1) is 11.5. The largest absolute Gasteiger partial charge is 0.310 e. The second-order valence-corrected chi connectivity index (χ2v) is 5.62. The first-order valence-electron chi connectivity index (χ1n) is 7.26. The van der Waals surface area contributed by atoms with E-state index >= 15 is 0 Å². The van der Waals surface area contributed by atoms with E-state index in [0.29, 0.717) is 22.1 Å². The van der Waals surface area contributed by atoms with Gasteiger partial charge in [-0.25, -0.2) is 10.4 Å². The first kappa shape index (κ1) is 17.6. The molecule has 0 saturated heterocycles. The Balaban J connectivity index is 1.90. The van der Waals surface area contributed by atoms with E-state index in [0.717, 1.165) is 5.56 Å². The van der Waals surface area contributed by atoms with E-state index < -0.39 is 5.91 Å². The molecule has 0 saturated carbocycles. The van der Waals surface area contributed by atoms with Crippen molar-refractivity contribution in [2.75, 3.05) is 5.32 Å². The highest BCUT2D eigenvalue weighted by atomic mass is 35.5. The molecule has 0 radical (unpaired) electrons. The fourth-order valence-corrected chi connectivity index (χ4v) is 2.14. The number of nitrogens with one attached hydrogen (secondary N) is 2. The van der Waals surface area contributed by atoms with Crippen molar-refractivity contribution in [3.63, 3.8) is 0 Å². The van der Waals surface area contributed by atoms with Crippen LogP contribution in [0.15, 0.2) is 47.7 Å². The minimum atomic E-state index is -0.430. The molecule has 6 nitrogen and oxygen atoms in total. The van der Waals surface area contributed by atoms with Gasteiger partial charge in [0.25, 0.3) is 5.91 Å². The number of pyridine rings is 1. The Morgan fingerprint density at radius 3 is 2.71 bits per heavy atom. The predicted octanol–water partition coefficient (Wildman–Crippen LogP) is 3.18. The number of benzene rings is 1. The molecule has 1 aromatic heterocycles. The first-order valence-corrected chi connectivity index (χ1v) is 7.64. The molecule has 0 aliphatic carbocycles. The van der Waals surface area contributed by atoms with Crippen LogP contribution in [0.1, 0.15) is 29.3 Å². The van der Waals surface area contributed by atoms with Crippen LogP contribution in [0, 0.1) is 6.92 Å². The van der Waals surface area contributed by atoms with Gasteiger partial charge in [-0.3, -0.25) is 9.59 Å². The predicted molar refractivity (Wildman–Crippen MR) is 94.2 cm³/mol. The number of hydrazone groups is 1. The van der Waals surface area contributed by atoms with E-state index in [9.17, 15) is 9.59 Å². The topological polar surface area (TPSA) is 83.4 Å². The number of carbonyl (C=O) groups is 2. The van der Waals surface area contributed by atoms with Crippen LogP contribution in [0.4, 0.5) is 5.82 Å². The zero-order valence-corrected chi connectivity index (χ0v) is 14.1. The van der Waals surface area contributed by atoms with Gasteiger partial charge in [-0.1, -0.05) is 23.7 Å². The monoisotopic (exact) mass is 344 g/mol. The summed E-state index contributed by atoms with van der Waals surface area (Å²) in [7, 11) is 0. The Labute approximate surface area is 144 Å². The van der Waals surface area contributed by atoms with E-state index in [2.05, 4.69) is 20.8 Å². The summed E-state index contributed by atoms with van der Waals surface area (Å²) in [5.41, 5.74) is 4.17. The number of aryl methyl sites for hydroxylation is 1. The summed E-state index contributed by atoms with van der Waals surface area (Å²) >= 11 is 5.94. The van der Waals surface area contributed by atoms with Gasteiger partial charge in [-0.2, -0.15) is 5.10 Å². The standard InChI is InChI=1S/C17H17ClN4O2/c1-11-7-8-19-15(9-11)20-16(23)10-12(2)21-22-17(24)13-5-3-4-6-14(13)18/h3-9H,10H2,1-2H3,(H,22,24)(H,19,20,23)/b21-12-. The number of carbonyl (C=O) groups excluding carboxylic acids is 2. The number of nitrogens with zero attached hydrogens (tertiary/aromatic N) is 2. The Morgan fingerprint density at radius 2 is 2.00 bits per heavy atom. The molecule has 24 heavy (non-hydrogen) atoms. The SMILES string of the molecule is C/C(CC(=O)Nc1cc(C)ccn1)=N/NC(=O)c1ccccc1Cl. The molecule has 2 amide bonds. The highest BCUT2D eigenvalue weighted by Gasteiger charge is 2.10. The lowest BCUT2D eigenvalue weighted by atomic mass is 10.2. The van der Waals surface area contributed by atoms with Gasteiger partial charge >= 0.3 is 0 Å². The van der Waals surface area contributed by atoms with Gasteiger partial charge in [0.05, 0.1) is 17.0 Å². The van der Waals surface area contributed by atoms with Crippen molar-refractivity contribution in [3.8, 4) is 0 Å². The van der Waals surface area contributed by atoms with Crippen molar-refractivity contribution < 1.29 is 9.59 Å². The molecule has 124 valence electrons. The molecule has 0 unspecified atom stereocenters. The Kier molecular flexibility index (Phi) is 6.03. The molecule has 1 aromatic carbocycles. The molecular weight excluding hydrogens is 328 g/mol. The summed E-state index contributed by atoms with van der Waals surface area (Å²) in [6.45, 7) is 3.56. The number of amides is 2. The summed E-state index contributed by atoms with van der Waals surface area (Å²) in [5, 5.41) is 6.93. The van der Waals surface area contributed by atoms with Crippen molar-refractivity contribution in [2.24, 2.45) is 5.10 Å². The summed E-state index contributed by atoms with van der Waals surface area (Å²) in [6, 6.07) is 10.3. The second kappa shape index (κ2) is 8.21. The van der Waals surface area contributed by atoms with Gasteiger partial charge in [0, 0.05) is 11.9 Å². The van der Waals surface area contributed by atoms with Crippen molar-refractivity contribution in [1.29, 1.82) is 0 Å². The van der Waals surface area contributed by atoms with Crippen LogP contribution in [0.2, 0.25) is 5.02 Å². The Morgan fingerprint density at radius 1 is 1.25 bits per heavy atom. The molecule has 0 fully saturated rings. The van der Waals surface area contributed by atoms with Crippen molar-refractivity contribution >= 4 is 34.9 Å². The number of rotatable bonds is 5. The van der Waals surface area contributed by atoms with Crippen LogP contribution >= 0.6 is 11.6 Å². The number of anilines is 1.